The number of hydrogen-bond donors (Lipinski definition) is 1. The second kappa shape index (κ2) is 9.57. The van der Waals surface area contributed by atoms with E-state index in [2.05, 4.69) is 15.4 Å². The lowest BCUT2D eigenvalue weighted by Gasteiger charge is -2.10. The summed E-state index contributed by atoms with van der Waals surface area (Å²) in [5.74, 6) is -0.558. The van der Waals surface area contributed by atoms with Gasteiger partial charge in [0.15, 0.2) is 5.82 Å². The van der Waals surface area contributed by atoms with Crippen molar-refractivity contribution in [2.24, 2.45) is 0 Å². The first-order chi connectivity index (χ1) is 16.6. The molecule has 0 fully saturated rings. The number of carbonyl (C=O) groups is 1. The van der Waals surface area contributed by atoms with Crippen molar-refractivity contribution < 1.29 is 27.1 Å². The van der Waals surface area contributed by atoms with Crippen molar-refractivity contribution in [2.75, 3.05) is 5.32 Å². The molecule has 0 radical (unpaired) electrons. The van der Waals surface area contributed by atoms with E-state index in [4.69, 9.17) is 4.74 Å². The summed E-state index contributed by atoms with van der Waals surface area (Å²) in [7, 11) is 0. The summed E-state index contributed by atoms with van der Waals surface area (Å²) in [4.78, 5) is 16.7. The molecular weight excluding hydrogens is 464 g/mol. The normalized spacial score (nSPS) is 11.5. The van der Waals surface area contributed by atoms with Crippen LogP contribution in [0.1, 0.15) is 29.8 Å². The lowest BCUT2D eigenvalue weighted by molar-refractivity contribution is -0.137. The van der Waals surface area contributed by atoms with Crippen LogP contribution < -0.4 is 10.1 Å². The van der Waals surface area contributed by atoms with Gasteiger partial charge in [-0.2, -0.15) is 18.2 Å². The molecule has 0 unspecified atom stereocenters. The number of nitrogens with one attached hydrogen (secondary N) is 1. The summed E-state index contributed by atoms with van der Waals surface area (Å²) >= 11 is 0. The summed E-state index contributed by atoms with van der Waals surface area (Å²) in [6.45, 7) is 3.61. The molecule has 1 heterocycles. The van der Waals surface area contributed by atoms with E-state index in [0.29, 0.717) is 22.5 Å². The van der Waals surface area contributed by atoms with Crippen molar-refractivity contribution in [2.45, 2.75) is 26.1 Å². The Morgan fingerprint density at radius 3 is 2.14 bits per heavy atom. The smallest absolute Gasteiger partial charge is 0.416 e. The van der Waals surface area contributed by atoms with E-state index in [-0.39, 0.29) is 17.9 Å². The average molecular weight is 484 g/mol. The van der Waals surface area contributed by atoms with Gasteiger partial charge in [-0.1, -0.05) is 12.1 Å². The van der Waals surface area contributed by atoms with Crippen LogP contribution in [0, 0.1) is 5.82 Å². The Kier molecular flexibility index (Phi) is 6.54. The van der Waals surface area contributed by atoms with Crippen LogP contribution >= 0.6 is 0 Å². The van der Waals surface area contributed by atoms with Crippen LogP contribution in [0.5, 0.6) is 6.01 Å². The van der Waals surface area contributed by atoms with Crippen molar-refractivity contribution in [1.29, 1.82) is 0 Å². The molecule has 35 heavy (non-hydrogen) atoms. The second-order valence-electron chi connectivity index (χ2n) is 7.88. The molecule has 0 aliphatic heterocycles. The number of halogens is 4. The molecule has 0 saturated carbocycles. The molecule has 4 aromatic rings. The summed E-state index contributed by atoms with van der Waals surface area (Å²) in [5.41, 5.74) is 0.973. The number of anilines is 1. The maximum absolute atomic E-state index is 13.1. The minimum atomic E-state index is -4.45. The molecule has 3 aromatic carbocycles. The summed E-state index contributed by atoms with van der Waals surface area (Å²) in [6.07, 6.45) is -4.66. The van der Waals surface area contributed by atoms with E-state index >= 15 is 0 Å². The lowest BCUT2D eigenvalue weighted by atomic mass is 10.1. The van der Waals surface area contributed by atoms with E-state index in [1.54, 1.807) is 38.1 Å². The molecular formula is C25H20F4N4O2. The number of aromatic nitrogens is 3. The zero-order valence-electron chi connectivity index (χ0n) is 18.7. The summed E-state index contributed by atoms with van der Waals surface area (Å²) in [5, 5.41) is 7.07. The van der Waals surface area contributed by atoms with E-state index in [9.17, 15) is 22.4 Å². The SMILES string of the molecule is CC(C)Oc1nc(-c2ccc(C(F)(F)F)cc2)n(-c2ccc(NC(=O)c3ccc(F)cc3)cc2)n1. The zero-order chi connectivity index (χ0) is 25.2. The zero-order valence-corrected chi connectivity index (χ0v) is 18.7. The molecule has 0 atom stereocenters. The Balaban J connectivity index is 1.62. The molecule has 0 spiro atoms. The maximum Gasteiger partial charge on any atom is 0.416 e. The fourth-order valence-electron chi connectivity index (χ4n) is 3.22. The quantitative estimate of drug-likeness (QED) is 0.334. The Labute approximate surface area is 198 Å². The molecule has 4 rings (SSSR count). The molecule has 6 nitrogen and oxygen atoms in total. The number of ether oxygens (including phenoxy) is 1. The molecule has 1 aromatic heterocycles. The van der Waals surface area contributed by atoms with Gasteiger partial charge >= 0.3 is 12.2 Å². The van der Waals surface area contributed by atoms with Crippen LogP contribution in [0.3, 0.4) is 0 Å². The Morgan fingerprint density at radius 2 is 1.57 bits per heavy atom. The van der Waals surface area contributed by atoms with E-state index < -0.39 is 23.5 Å². The van der Waals surface area contributed by atoms with Crippen molar-refractivity contribution in [3.63, 3.8) is 0 Å². The average Bonchev–Trinajstić information content (AvgIpc) is 3.22. The van der Waals surface area contributed by atoms with Crippen LogP contribution in [0.4, 0.5) is 23.2 Å². The molecule has 0 aliphatic carbocycles. The third-order valence-electron chi connectivity index (χ3n) is 4.88. The molecule has 1 N–H and O–H groups in total. The molecule has 180 valence electrons. The number of carbonyl (C=O) groups excluding carboxylic acids is 1. The van der Waals surface area contributed by atoms with Crippen LogP contribution in [-0.4, -0.2) is 26.8 Å². The maximum atomic E-state index is 13.1. The molecule has 0 aliphatic rings. The standard InChI is InChI=1S/C25H20F4N4O2/c1-15(2)35-24-31-22(16-3-7-18(8-4-16)25(27,28)29)33(32-24)21-13-11-20(12-14-21)30-23(34)17-5-9-19(26)10-6-17/h3-15H,1-2H3,(H,30,34). The highest BCUT2D eigenvalue weighted by atomic mass is 19.4. The van der Waals surface area contributed by atoms with E-state index in [0.717, 1.165) is 12.1 Å². The van der Waals surface area contributed by atoms with Gasteiger partial charge in [0, 0.05) is 16.8 Å². The largest absolute Gasteiger partial charge is 0.460 e. The van der Waals surface area contributed by atoms with Gasteiger partial charge in [0.25, 0.3) is 5.91 Å². The van der Waals surface area contributed by atoms with Gasteiger partial charge in [-0.25, -0.2) is 9.07 Å². The molecule has 10 heteroatoms. The Morgan fingerprint density at radius 1 is 0.943 bits per heavy atom. The van der Waals surface area contributed by atoms with Crippen molar-refractivity contribution in [3.05, 3.63) is 89.7 Å². The van der Waals surface area contributed by atoms with Crippen molar-refractivity contribution >= 4 is 11.6 Å². The van der Waals surface area contributed by atoms with Gasteiger partial charge in [-0.15, -0.1) is 5.10 Å². The summed E-state index contributed by atoms with van der Waals surface area (Å²) in [6, 6.07) is 16.4. The van der Waals surface area contributed by atoms with E-state index in [1.807, 2.05) is 0 Å². The first kappa shape index (κ1) is 23.9. The first-order valence-electron chi connectivity index (χ1n) is 10.6. The molecule has 0 saturated heterocycles. The van der Waals surface area contributed by atoms with Crippen molar-refractivity contribution in [1.82, 2.24) is 14.8 Å². The third kappa shape index (κ3) is 5.65. The number of alkyl halides is 3. The van der Waals surface area contributed by atoms with Gasteiger partial charge in [0.05, 0.1) is 17.4 Å². The van der Waals surface area contributed by atoms with Crippen LogP contribution in [0.25, 0.3) is 17.1 Å². The third-order valence-corrected chi connectivity index (χ3v) is 4.88. The minimum Gasteiger partial charge on any atom is -0.460 e. The van der Waals surface area contributed by atoms with Gasteiger partial charge < -0.3 is 10.1 Å². The van der Waals surface area contributed by atoms with Gasteiger partial charge in [-0.3, -0.25) is 4.79 Å². The molecule has 1 amide bonds. The topological polar surface area (TPSA) is 69.0 Å². The predicted molar refractivity (Wildman–Crippen MR) is 122 cm³/mol. The van der Waals surface area contributed by atoms with E-state index in [1.165, 1.54) is 41.1 Å². The highest BCUT2D eigenvalue weighted by Crippen LogP contribution is 2.31. The Hall–Kier alpha value is -4.21. The van der Waals surface area contributed by atoms with Gasteiger partial charge in [-0.05, 0) is 74.5 Å². The number of hydrogen-bond acceptors (Lipinski definition) is 4. The number of nitrogens with zero attached hydrogens (tertiary/aromatic N) is 3. The fourth-order valence-corrected chi connectivity index (χ4v) is 3.22. The minimum absolute atomic E-state index is 0.0728. The predicted octanol–water partition coefficient (Wildman–Crippen LogP) is 6.13. The van der Waals surface area contributed by atoms with Crippen LogP contribution in [-0.2, 0) is 6.18 Å². The number of amides is 1. The summed E-state index contributed by atoms with van der Waals surface area (Å²) < 4.78 is 59.0. The van der Waals surface area contributed by atoms with Crippen molar-refractivity contribution in [3.8, 4) is 23.1 Å². The highest BCUT2D eigenvalue weighted by Gasteiger charge is 2.30. The Bertz CT molecular complexity index is 1310. The fraction of sp³-hybridized carbons (Fsp3) is 0.160. The van der Waals surface area contributed by atoms with Gasteiger partial charge in [0.1, 0.15) is 5.82 Å². The number of benzene rings is 3. The second-order valence-corrected chi connectivity index (χ2v) is 7.88. The first-order valence-corrected chi connectivity index (χ1v) is 10.6. The van der Waals surface area contributed by atoms with Crippen LogP contribution in [0.15, 0.2) is 72.8 Å². The van der Waals surface area contributed by atoms with Crippen LogP contribution in [0.2, 0.25) is 0 Å². The number of rotatable bonds is 6. The lowest BCUT2D eigenvalue weighted by Crippen LogP contribution is -2.12. The van der Waals surface area contributed by atoms with Gasteiger partial charge in [0.2, 0.25) is 0 Å². The monoisotopic (exact) mass is 484 g/mol. The molecule has 0 bridgehead atoms. The highest BCUT2D eigenvalue weighted by molar-refractivity contribution is 6.04.